The SMILES string of the molecule is CC/C=C\C/C=C\C/C=C\C/C=C\CCCCCCCCC(=O)OC(COC(=O)CCCCCCCCCCCCCCCCCCCCC/C=C\C/C=C\C/C=C\C/C=C\CCCCC)COP(=O)(O)OCC(O)COP(=O)(O)OCC(O)COC(=O)CCCCCCCCCCCCCCCCCCCCC/C=C\C/C=C\C/C=C\C/C=C\CCCCC. The number of aliphatic hydroxyl groups is 2. The van der Waals surface area contributed by atoms with Crippen molar-refractivity contribution < 1.29 is 75.8 Å². The minimum absolute atomic E-state index is 0.0881. The lowest BCUT2D eigenvalue weighted by Crippen LogP contribution is -2.30. The van der Waals surface area contributed by atoms with Crippen LogP contribution in [0.3, 0.4) is 0 Å². The molecule has 0 radical (unpaired) electrons. The number of allylic oxidation sites excluding steroid dienone is 24. The van der Waals surface area contributed by atoms with Gasteiger partial charge in [0.25, 0.3) is 0 Å². The number of rotatable bonds is 97. The van der Waals surface area contributed by atoms with Gasteiger partial charge in [0.05, 0.1) is 26.4 Å². The third-order valence-corrected chi connectivity index (χ3v) is 23.9. The summed E-state index contributed by atoms with van der Waals surface area (Å²) in [6.07, 6.45) is 126. The van der Waals surface area contributed by atoms with E-state index in [0.29, 0.717) is 19.3 Å². The molecular formula is C107H188O16P2. The number of carbonyl (C=O) groups is 3. The Kier molecular flexibility index (Phi) is 94.9. The fraction of sp³-hybridized carbons (Fsp3) is 0.748. The molecule has 0 aliphatic heterocycles. The zero-order chi connectivity index (χ0) is 90.7. The van der Waals surface area contributed by atoms with Gasteiger partial charge in [0.15, 0.2) is 6.10 Å². The lowest BCUT2D eigenvalue weighted by molar-refractivity contribution is -0.161. The highest BCUT2D eigenvalue weighted by Crippen LogP contribution is 2.45. The fourth-order valence-corrected chi connectivity index (χ4v) is 15.9. The van der Waals surface area contributed by atoms with Crippen LogP contribution in [-0.4, -0.2) is 95.9 Å². The van der Waals surface area contributed by atoms with Crippen molar-refractivity contribution in [1.29, 1.82) is 0 Å². The number of hydrogen-bond donors (Lipinski definition) is 4. The van der Waals surface area contributed by atoms with Gasteiger partial charge in [-0.1, -0.05) is 436 Å². The molecule has 0 aliphatic carbocycles. The molecule has 0 bridgehead atoms. The first-order valence-corrected chi connectivity index (χ1v) is 54.1. The average molecular weight is 1790 g/mol. The van der Waals surface area contributed by atoms with Crippen LogP contribution in [-0.2, 0) is 55.8 Å². The van der Waals surface area contributed by atoms with Crippen LogP contribution in [0.2, 0.25) is 0 Å². The van der Waals surface area contributed by atoms with Crippen molar-refractivity contribution in [2.45, 2.75) is 476 Å². The molecule has 0 fully saturated rings. The maximum Gasteiger partial charge on any atom is 0.472 e. The number of carbonyl (C=O) groups excluding carboxylic acids is 3. The van der Waals surface area contributed by atoms with Gasteiger partial charge in [-0.05, 0) is 148 Å². The second-order valence-electron chi connectivity index (χ2n) is 34.3. The van der Waals surface area contributed by atoms with Gasteiger partial charge in [-0.25, -0.2) is 9.13 Å². The Bertz CT molecular complexity index is 2850. The van der Waals surface area contributed by atoms with E-state index in [0.717, 1.165) is 141 Å². The van der Waals surface area contributed by atoms with Crippen LogP contribution in [0.25, 0.3) is 0 Å². The van der Waals surface area contributed by atoms with Gasteiger partial charge in [-0.15, -0.1) is 0 Å². The third kappa shape index (κ3) is 99.8. The van der Waals surface area contributed by atoms with Crippen molar-refractivity contribution in [3.05, 3.63) is 146 Å². The van der Waals surface area contributed by atoms with Gasteiger partial charge < -0.3 is 34.2 Å². The summed E-state index contributed by atoms with van der Waals surface area (Å²) < 4.78 is 61.6. The zero-order valence-corrected chi connectivity index (χ0v) is 81.8. The summed E-state index contributed by atoms with van der Waals surface area (Å²) >= 11 is 0. The van der Waals surface area contributed by atoms with Crippen molar-refractivity contribution in [3.63, 3.8) is 0 Å². The van der Waals surface area contributed by atoms with E-state index in [9.17, 15) is 43.5 Å². The molecule has 16 nitrogen and oxygen atoms in total. The van der Waals surface area contributed by atoms with Crippen molar-refractivity contribution in [2.24, 2.45) is 0 Å². The molecule has 0 aliphatic rings. The van der Waals surface area contributed by atoms with Gasteiger partial charge in [-0.2, -0.15) is 0 Å². The Morgan fingerprint density at radius 2 is 0.424 bits per heavy atom. The summed E-state index contributed by atoms with van der Waals surface area (Å²) in [4.78, 5) is 59.1. The molecule has 0 amide bonds. The molecule has 0 saturated heterocycles. The molecule has 0 aromatic rings. The van der Waals surface area contributed by atoms with Gasteiger partial charge in [-0.3, -0.25) is 32.5 Å². The lowest BCUT2D eigenvalue weighted by atomic mass is 10.0. The first-order valence-electron chi connectivity index (χ1n) is 51.1. The number of phosphoric ester groups is 2. The number of esters is 3. The van der Waals surface area contributed by atoms with E-state index in [4.69, 9.17) is 32.3 Å². The highest BCUT2D eigenvalue weighted by atomic mass is 31.2. The van der Waals surface area contributed by atoms with E-state index in [2.05, 4.69) is 167 Å². The minimum atomic E-state index is -4.95. The number of unbranched alkanes of at least 4 members (excludes halogenated alkanes) is 50. The first kappa shape index (κ1) is 120. The maximum absolute atomic E-state index is 13.1. The summed E-state index contributed by atoms with van der Waals surface area (Å²) in [5, 5.41) is 20.8. The Balaban J connectivity index is 4.47. The van der Waals surface area contributed by atoms with E-state index < -0.39 is 91.5 Å². The standard InChI is InChI=1S/C107H188O16P2/c1-4-7-10-13-16-19-22-25-28-31-34-36-38-40-42-44-46-48-50-52-54-56-58-60-62-64-67-69-72-75-78-81-84-87-90-93-105(110)117-96-102(108)97-119-124(113,114)120-98-103(109)99-121-125(115,116)122-101-104(123-107(112)95-92-89-86-83-80-77-74-71-66-33-30-27-24-21-18-15-12-9-6-3)100-118-106(111)94-91-88-85-82-79-76-73-70-68-65-63-61-59-57-55-53-51-49-47-45-43-41-39-37-35-32-29-26-23-20-17-14-11-8-5-2/h9,12,16-21,25-30,34-37,40-43,66,71,102-104,108-109H,4-8,10-11,13-15,22-24,31-33,38-39,44-65,67-70,72-101H2,1-3H3,(H,113,114)(H,115,116)/b12-9-,19-16-,20-17-,21-18-,28-25-,29-26-,30-27-,36-34-,37-35-,42-40-,43-41-,71-66-. The smallest absolute Gasteiger partial charge is 0.463 e. The van der Waals surface area contributed by atoms with Gasteiger partial charge in [0, 0.05) is 19.3 Å². The van der Waals surface area contributed by atoms with Crippen molar-refractivity contribution in [2.75, 3.05) is 39.6 Å². The van der Waals surface area contributed by atoms with Crippen molar-refractivity contribution in [1.82, 2.24) is 0 Å². The van der Waals surface area contributed by atoms with Crippen LogP contribution in [0.1, 0.15) is 457 Å². The number of phosphoric acid groups is 2. The molecule has 0 aromatic carbocycles. The molecule has 0 aromatic heterocycles. The molecule has 0 spiro atoms. The van der Waals surface area contributed by atoms with E-state index >= 15 is 0 Å². The van der Waals surface area contributed by atoms with Crippen LogP contribution in [0, 0.1) is 0 Å². The molecule has 5 atom stereocenters. The predicted octanol–water partition coefficient (Wildman–Crippen LogP) is 32.2. The van der Waals surface area contributed by atoms with Crippen LogP contribution in [0.5, 0.6) is 0 Å². The van der Waals surface area contributed by atoms with E-state index in [1.807, 2.05) is 0 Å². The highest BCUT2D eigenvalue weighted by molar-refractivity contribution is 7.47. The summed E-state index contributed by atoms with van der Waals surface area (Å²) in [5.74, 6) is -1.57. The maximum atomic E-state index is 13.1. The summed E-state index contributed by atoms with van der Waals surface area (Å²) in [5.41, 5.74) is 0. The predicted molar refractivity (Wildman–Crippen MR) is 528 cm³/mol. The quantitative estimate of drug-likeness (QED) is 0.0146. The lowest BCUT2D eigenvalue weighted by Gasteiger charge is -2.21. The van der Waals surface area contributed by atoms with Gasteiger partial charge in [0.1, 0.15) is 25.4 Å². The van der Waals surface area contributed by atoms with E-state index in [1.165, 1.54) is 257 Å². The molecule has 18 heteroatoms. The summed E-state index contributed by atoms with van der Waals surface area (Å²) in [7, 11) is -9.81. The molecule has 4 N–H and O–H groups in total. The van der Waals surface area contributed by atoms with Crippen molar-refractivity contribution >= 4 is 33.6 Å². The van der Waals surface area contributed by atoms with Crippen LogP contribution in [0.15, 0.2) is 146 Å². The molecular weight excluding hydrogens is 1600 g/mol. The largest absolute Gasteiger partial charge is 0.472 e. The Labute approximate surface area is 766 Å². The molecule has 0 heterocycles. The molecule has 0 rings (SSSR count). The average Bonchev–Trinajstić information content (AvgIpc) is 0.898. The third-order valence-electron chi connectivity index (χ3n) is 22.0. The van der Waals surface area contributed by atoms with Crippen LogP contribution >= 0.6 is 15.6 Å². The Morgan fingerprint density at radius 1 is 0.232 bits per heavy atom. The molecule has 722 valence electrons. The Morgan fingerprint density at radius 3 is 0.672 bits per heavy atom. The molecule has 125 heavy (non-hydrogen) atoms. The van der Waals surface area contributed by atoms with Crippen LogP contribution < -0.4 is 0 Å². The second kappa shape index (κ2) is 98.5. The second-order valence-corrected chi connectivity index (χ2v) is 37.2. The normalized spacial score (nSPS) is 14.3. The first-order chi connectivity index (χ1) is 61.2. The monoisotopic (exact) mass is 1790 g/mol. The van der Waals surface area contributed by atoms with Gasteiger partial charge >= 0.3 is 33.6 Å². The summed E-state index contributed by atoms with van der Waals surface area (Å²) in [6.45, 7) is 2.58. The number of ether oxygens (including phenoxy) is 3. The number of aliphatic hydroxyl groups excluding tert-OH is 2. The van der Waals surface area contributed by atoms with Gasteiger partial charge in [0.2, 0.25) is 0 Å². The minimum Gasteiger partial charge on any atom is -0.463 e. The molecule has 0 saturated carbocycles. The van der Waals surface area contributed by atoms with E-state index in [1.54, 1.807) is 0 Å². The van der Waals surface area contributed by atoms with Crippen LogP contribution in [0.4, 0.5) is 0 Å². The molecule has 5 unspecified atom stereocenters. The Hall–Kier alpha value is -4.57. The van der Waals surface area contributed by atoms with Crippen molar-refractivity contribution in [3.8, 4) is 0 Å². The van der Waals surface area contributed by atoms with E-state index in [-0.39, 0.29) is 19.3 Å². The number of hydrogen-bond acceptors (Lipinski definition) is 14. The zero-order valence-electron chi connectivity index (χ0n) is 80.0. The topological polar surface area (TPSA) is 231 Å². The summed E-state index contributed by atoms with van der Waals surface area (Å²) in [6, 6.07) is 0. The fourth-order valence-electron chi connectivity index (χ4n) is 14.3. The highest BCUT2D eigenvalue weighted by Gasteiger charge is 2.30.